The van der Waals surface area contributed by atoms with E-state index in [1.54, 1.807) is 0 Å². The summed E-state index contributed by atoms with van der Waals surface area (Å²) in [6.07, 6.45) is 5.27. The van der Waals surface area contributed by atoms with E-state index in [9.17, 15) is 0 Å². The lowest BCUT2D eigenvalue weighted by Gasteiger charge is -2.17. The van der Waals surface area contributed by atoms with E-state index in [4.69, 9.17) is 23.2 Å². The highest BCUT2D eigenvalue weighted by molar-refractivity contribution is 6.35. The van der Waals surface area contributed by atoms with Crippen LogP contribution in [0.5, 0.6) is 0 Å². The molecule has 17 heavy (non-hydrogen) atoms. The fourth-order valence-electron chi connectivity index (χ4n) is 2.10. The van der Waals surface area contributed by atoms with E-state index in [-0.39, 0.29) is 0 Å². The Hall–Kier alpha value is -0.240. The summed E-state index contributed by atoms with van der Waals surface area (Å²) in [5.41, 5.74) is 1.02. The Bertz CT molecular complexity index is 354. The monoisotopic (exact) mass is 271 g/mol. The van der Waals surface area contributed by atoms with Gasteiger partial charge in [0.25, 0.3) is 0 Å². The van der Waals surface area contributed by atoms with Gasteiger partial charge in [-0.25, -0.2) is 0 Å². The molecule has 1 saturated carbocycles. The molecular weight excluding hydrogens is 253 g/mol. The number of benzene rings is 1. The van der Waals surface area contributed by atoms with Gasteiger partial charge in [-0.1, -0.05) is 49.0 Å². The molecule has 1 aromatic rings. The molecular formula is C14H19Cl2N. The summed E-state index contributed by atoms with van der Waals surface area (Å²) in [6, 6.07) is 6.27. The van der Waals surface area contributed by atoms with E-state index in [1.165, 1.54) is 25.7 Å². The van der Waals surface area contributed by atoms with Crippen LogP contribution in [0.2, 0.25) is 10.0 Å². The molecule has 1 fully saturated rings. The lowest BCUT2D eigenvalue weighted by atomic mass is 10.1. The standard InChI is InChI=1S/C14H19Cl2N/c1-2-11(8-10-6-7-10)17-9-12-13(15)4-3-5-14(12)16/h3-5,10-11,17H,2,6-9H2,1H3. The summed E-state index contributed by atoms with van der Waals surface area (Å²) in [4.78, 5) is 0. The summed E-state index contributed by atoms with van der Waals surface area (Å²) in [6.45, 7) is 3.00. The predicted molar refractivity (Wildman–Crippen MR) is 74.7 cm³/mol. The first-order chi connectivity index (χ1) is 8.20. The first-order valence-electron chi connectivity index (χ1n) is 6.37. The summed E-state index contributed by atoms with van der Waals surface area (Å²) in [7, 11) is 0. The number of halogens is 2. The molecule has 1 atom stereocenters. The Balaban J connectivity index is 1.90. The second kappa shape index (κ2) is 6.08. The third kappa shape index (κ3) is 3.87. The van der Waals surface area contributed by atoms with Crippen molar-refractivity contribution in [1.29, 1.82) is 0 Å². The molecule has 1 unspecified atom stereocenters. The van der Waals surface area contributed by atoms with Gasteiger partial charge in [-0.05, 0) is 30.9 Å². The Morgan fingerprint density at radius 2 is 1.94 bits per heavy atom. The molecule has 0 bridgehead atoms. The molecule has 94 valence electrons. The zero-order chi connectivity index (χ0) is 12.3. The minimum absolute atomic E-state index is 0.592. The summed E-state index contributed by atoms with van der Waals surface area (Å²) in [5.74, 6) is 0.953. The molecule has 0 heterocycles. The third-order valence-electron chi connectivity index (χ3n) is 3.44. The van der Waals surface area contributed by atoms with Crippen LogP contribution in [-0.4, -0.2) is 6.04 Å². The molecule has 0 spiro atoms. The van der Waals surface area contributed by atoms with Gasteiger partial charge in [-0.2, -0.15) is 0 Å². The van der Waals surface area contributed by atoms with Crippen LogP contribution in [0.25, 0.3) is 0 Å². The summed E-state index contributed by atoms with van der Waals surface area (Å²) in [5, 5.41) is 5.08. The van der Waals surface area contributed by atoms with Gasteiger partial charge in [0.1, 0.15) is 0 Å². The molecule has 1 aliphatic rings. The van der Waals surface area contributed by atoms with Gasteiger partial charge in [-0.15, -0.1) is 0 Å². The first kappa shape index (κ1) is 13.2. The SMILES string of the molecule is CCC(CC1CC1)NCc1c(Cl)cccc1Cl. The first-order valence-corrected chi connectivity index (χ1v) is 7.12. The van der Waals surface area contributed by atoms with Crippen molar-refractivity contribution in [2.45, 2.75) is 45.2 Å². The van der Waals surface area contributed by atoms with Gasteiger partial charge in [-0.3, -0.25) is 0 Å². The molecule has 2 rings (SSSR count). The molecule has 0 radical (unpaired) electrons. The quantitative estimate of drug-likeness (QED) is 0.794. The van der Waals surface area contributed by atoms with Crippen molar-refractivity contribution in [2.24, 2.45) is 5.92 Å². The molecule has 0 aliphatic heterocycles. The molecule has 0 amide bonds. The second-order valence-electron chi connectivity index (χ2n) is 4.87. The lowest BCUT2D eigenvalue weighted by Crippen LogP contribution is -2.28. The minimum atomic E-state index is 0.592. The van der Waals surface area contributed by atoms with Gasteiger partial charge in [0.05, 0.1) is 0 Å². The van der Waals surface area contributed by atoms with Crippen LogP contribution in [0, 0.1) is 5.92 Å². The van der Waals surface area contributed by atoms with Crippen LogP contribution < -0.4 is 5.32 Å². The highest BCUT2D eigenvalue weighted by atomic mass is 35.5. The maximum atomic E-state index is 6.15. The Kier molecular flexibility index (Phi) is 4.72. The molecule has 1 N–H and O–H groups in total. The van der Waals surface area contributed by atoms with Crippen molar-refractivity contribution >= 4 is 23.2 Å². The molecule has 0 saturated heterocycles. The van der Waals surface area contributed by atoms with Crippen LogP contribution in [0.15, 0.2) is 18.2 Å². The maximum Gasteiger partial charge on any atom is 0.0465 e. The van der Waals surface area contributed by atoms with E-state index >= 15 is 0 Å². The molecule has 1 aromatic carbocycles. The molecule has 1 aliphatic carbocycles. The van der Waals surface area contributed by atoms with E-state index in [1.807, 2.05) is 18.2 Å². The van der Waals surface area contributed by atoms with Crippen molar-refractivity contribution in [3.63, 3.8) is 0 Å². The Morgan fingerprint density at radius 3 is 2.47 bits per heavy atom. The lowest BCUT2D eigenvalue weighted by molar-refractivity contribution is 0.445. The average molecular weight is 272 g/mol. The normalized spacial score (nSPS) is 17.1. The minimum Gasteiger partial charge on any atom is -0.310 e. The molecule has 0 aromatic heterocycles. The molecule has 3 heteroatoms. The van der Waals surface area contributed by atoms with Crippen LogP contribution in [0.4, 0.5) is 0 Å². The zero-order valence-corrected chi connectivity index (χ0v) is 11.7. The Labute approximate surface area is 114 Å². The second-order valence-corrected chi connectivity index (χ2v) is 5.68. The third-order valence-corrected chi connectivity index (χ3v) is 4.14. The zero-order valence-electron chi connectivity index (χ0n) is 10.2. The van der Waals surface area contributed by atoms with Crippen molar-refractivity contribution < 1.29 is 0 Å². The van der Waals surface area contributed by atoms with E-state index in [2.05, 4.69) is 12.2 Å². The van der Waals surface area contributed by atoms with E-state index < -0.39 is 0 Å². The van der Waals surface area contributed by atoms with Crippen LogP contribution in [0.1, 0.15) is 38.2 Å². The van der Waals surface area contributed by atoms with Crippen LogP contribution >= 0.6 is 23.2 Å². The van der Waals surface area contributed by atoms with Gasteiger partial charge < -0.3 is 5.32 Å². The van der Waals surface area contributed by atoms with Crippen LogP contribution in [0.3, 0.4) is 0 Å². The fourth-order valence-corrected chi connectivity index (χ4v) is 2.63. The molecule has 1 nitrogen and oxygen atoms in total. The van der Waals surface area contributed by atoms with Gasteiger partial charge in [0, 0.05) is 28.2 Å². The highest BCUT2D eigenvalue weighted by Crippen LogP contribution is 2.34. The van der Waals surface area contributed by atoms with Crippen molar-refractivity contribution in [1.82, 2.24) is 5.32 Å². The summed E-state index contributed by atoms with van der Waals surface area (Å²) < 4.78 is 0. The number of nitrogens with one attached hydrogen (secondary N) is 1. The Morgan fingerprint density at radius 1 is 1.29 bits per heavy atom. The van der Waals surface area contributed by atoms with Gasteiger partial charge >= 0.3 is 0 Å². The number of rotatable bonds is 6. The number of hydrogen-bond acceptors (Lipinski definition) is 1. The van der Waals surface area contributed by atoms with E-state index in [0.29, 0.717) is 6.04 Å². The van der Waals surface area contributed by atoms with Crippen molar-refractivity contribution in [3.8, 4) is 0 Å². The van der Waals surface area contributed by atoms with Gasteiger partial charge in [0.2, 0.25) is 0 Å². The van der Waals surface area contributed by atoms with Crippen molar-refractivity contribution in [2.75, 3.05) is 0 Å². The van der Waals surface area contributed by atoms with E-state index in [0.717, 1.165) is 28.1 Å². The smallest absolute Gasteiger partial charge is 0.0465 e. The van der Waals surface area contributed by atoms with Crippen LogP contribution in [-0.2, 0) is 6.54 Å². The maximum absolute atomic E-state index is 6.15. The van der Waals surface area contributed by atoms with Crippen molar-refractivity contribution in [3.05, 3.63) is 33.8 Å². The average Bonchev–Trinajstić information content (AvgIpc) is 3.10. The predicted octanol–water partition coefficient (Wildman–Crippen LogP) is 4.66. The van der Waals surface area contributed by atoms with Gasteiger partial charge in [0.15, 0.2) is 0 Å². The topological polar surface area (TPSA) is 12.0 Å². The largest absolute Gasteiger partial charge is 0.310 e. The fraction of sp³-hybridized carbons (Fsp3) is 0.571. The summed E-state index contributed by atoms with van der Waals surface area (Å²) >= 11 is 12.3. The highest BCUT2D eigenvalue weighted by Gasteiger charge is 2.24. The number of hydrogen-bond donors (Lipinski definition) is 1.